The predicted octanol–water partition coefficient (Wildman–Crippen LogP) is 2.60. The lowest BCUT2D eigenvalue weighted by Gasteiger charge is -2.36. The third kappa shape index (κ3) is 4.12. The molecule has 1 saturated heterocycles. The molecule has 1 aromatic heterocycles. The molecule has 1 fully saturated rings. The Morgan fingerprint density at radius 2 is 1.68 bits per heavy atom. The maximum atomic E-state index is 11.2. The first kappa shape index (κ1) is 16.9. The number of piperazine rings is 1. The fraction of sp³-hybridized carbons (Fsp3) is 0.333. The van der Waals surface area contributed by atoms with Gasteiger partial charge in [-0.05, 0) is 36.4 Å². The molecule has 7 nitrogen and oxygen atoms in total. The van der Waals surface area contributed by atoms with Crippen LogP contribution in [0.25, 0.3) is 0 Å². The van der Waals surface area contributed by atoms with Gasteiger partial charge in [0.1, 0.15) is 11.6 Å². The number of nitrogens with one attached hydrogen (secondary N) is 1. The van der Waals surface area contributed by atoms with Crippen molar-refractivity contribution in [3.05, 3.63) is 42.6 Å². The molecule has 0 bridgehead atoms. The second-order valence-electron chi connectivity index (χ2n) is 5.69. The number of carbonyl (C=O) groups excluding carboxylic acids is 1. The van der Waals surface area contributed by atoms with Crippen LogP contribution in [0.5, 0.6) is 5.75 Å². The van der Waals surface area contributed by atoms with E-state index < -0.39 is 6.09 Å². The third-order valence-corrected chi connectivity index (χ3v) is 4.22. The van der Waals surface area contributed by atoms with E-state index in [4.69, 9.17) is 4.74 Å². The van der Waals surface area contributed by atoms with Gasteiger partial charge in [-0.1, -0.05) is 0 Å². The van der Waals surface area contributed by atoms with Crippen LogP contribution in [0.15, 0.2) is 42.6 Å². The highest BCUT2D eigenvalue weighted by Gasteiger charge is 2.18. The first-order valence-corrected chi connectivity index (χ1v) is 8.14. The minimum absolute atomic E-state index is 0.498. The molecule has 1 N–H and O–H groups in total. The monoisotopic (exact) mass is 342 g/mol. The summed E-state index contributed by atoms with van der Waals surface area (Å²) >= 11 is 0. The van der Waals surface area contributed by atoms with Gasteiger partial charge < -0.3 is 19.3 Å². The van der Waals surface area contributed by atoms with E-state index in [9.17, 15) is 4.79 Å². The van der Waals surface area contributed by atoms with Crippen molar-refractivity contribution in [1.82, 2.24) is 4.98 Å². The zero-order valence-corrected chi connectivity index (χ0v) is 14.4. The van der Waals surface area contributed by atoms with Gasteiger partial charge in [-0.15, -0.1) is 0 Å². The van der Waals surface area contributed by atoms with E-state index in [-0.39, 0.29) is 0 Å². The standard InChI is InChI=1S/C18H22N4O3/c1-24-16-6-4-15(5-7-16)21-9-11-22(12-10-21)17-8-3-14(13-19-17)20-18(23)25-2/h3-8,13H,9-12H2,1-2H3,(H,20,23). The molecule has 0 saturated carbocycles. The normalized spacial score (nSPS) is 14.2. The summed E-state index contributed by atoms with van der Waals surface area (Å²) in [6.07, 6.45) is 1.14. The van der Waals surface area contributed by atoms with Gasteiger partial charge in [-0.2, -0.15) is 0 Å². The molecule has 1 aromatic carbocycles. The Kier molecular flexibility index (Phi) is 5.23. The predicted molar refractivity (Wildman–Crippen MR) is 97.7 cm³/mol. The number of benzene rings is 1. The Hall–Kier alpha value is -2.96. The number of methoxy groups -OCH3 is 2. The van der Waals surface area contributed by atoms with Crippen LogP contribution in [0.4, 0.5) is 22.0 Å². The largest absolute Gasteiger partial charge is 0.497 e. The molecule has 0 aliphatic carbocycles. The molecule has 0 radical (unpaired) electrons. The number of hydrogen-bond acceptors (Lipinski definition) is 6. The molecule has 25 heavy (non-hydrogen) atoms. The Labute approximate surface area is 147 Å². The lowest BCUT2D eigenvalue weighted by molar-refractivity contribution is 0.187. The van der Waals surface area contributed by atoms with Gasteiger partial charge in [-0.25, -0.2) is 9.78 Å². The summed E-state index contributed by atoms with van der Waals surface area (Å²) in [5.41, 5.74) is 1.82. The van der Waals surface area contributed by atoms with Crippen molar-refractivity contribution in [1.29, 1.82) is 0 Å². The van der Waals surface area contributed by atoms with Crippen molar-refractivity contribution >= 4 is 23.3 Å². The number of nitrogens with zero attached hydrogens (tertiary/aromatic N) is 3. The number of aromatic nitrogens is 1. The summed E-state index contributed by atoms with van der Waals surface area (Å²) < 4.78 is 9.77. The van der Waals surface area contributed by atoms with Crippen molar-refractivity contribution in [3.8, 4) is 5.75 Å². The van der Waals surface area contributed by atoms with Crippen molar-refractivity contribution in [2.45, 2.75) is 0 Å². The van der Waals surface area contributed by atoms with E-state index in [0.717, 1.165) is 37.7 Å². The number of anilines is 3. The van der Waals surface area contributed by atoms with Crippen LogP contribution in [0, 0.1) is 0 Å². The minimum Gasteiger partial charge on any atom is -0.497 e. The van der Waals surface area contributed by atoms with E-state index in [1.807, 2.05) is 24.3 Å². The van der Waals surface area contributed by atoms with Gasteiger partial charge in [0, 0.05) is 31.9 Å². The number of amides is 1. The summed E-state index contributed by atoms with van der Waals surface area (Å²) in [7, 11) is 3.01. The van der Waals surface area contributed by atoms with Crippen LogP contribution in [0.1, 0.15) is 0 Å². The average molecular weight is 342 g/mol. The van der Waals surface area contributed by atoms with Gasteiger partial charge in [0.25, 0.3) is 0 Å². The van der Waals surface area contributed by atoms with Gasteiger partial charge in [0.2, 0.25) is 0 Å². The van der Waals surface area contributed by atoms with E-state index in [0.29, 0.717) is 5.69 Å². The minimum atomic E-state index is -0.498. The molecule has 2 aromatic rings. The molecule has 7 heteroatoms. The second-order valence-corrected chi connectivity index (χ2v) is 5.69. The summed E-state index contributed by atoms with van der Waals surface area (Å²) in [5, 5.41) is 2.60. The summed E-state index contributed by atoms with van der Waals surface area (Å²) in [6, 6.07) is 11.9. The summed E-state index contributed by atoms with van der Waals surface area (Å²) in [6.45, 7) is 3.64. The Morgan fingerprint density at radius 1 is 1.00 bits per heavy atom. The van der Waals surface area contributed by atoms with Crippen LogP contribution in [-0.2, 0) is 4.74 Å². The number of rotatable bonds is 4. The van der Waals surface area contributed by atoms with Gasteiger partial charge in [0.05, 0.1) is 26.1 Å². The number of pyridine rings is 1. The van der Waals surface area contributed by atoms with Crippen molar-refractivity contribution in [2.75, 3.05) is 55.5 Å². The van der Waals surface area contributed by atoms with E-state index in [2.05, 4.69) is 37.0 Å². The van der Waals surface area contributed by atoms with Gasteiger partial charge in [0.15, 0.2) is 0 Å². The molecule has 1 amide bonds. The fourth-order valence-corrected chi connectivity index (χ4v) is 2.80. The highest BCUT2D eigenvalue weighted by Crippen LogP contribution is 2.22. The maximum Gasteiger partial charge on any atom is 0.411 e. The Morgan fingerprint density at radius 3 is 2.24 bits per heavy atom. The molecule has 1 aliphatic heterocycles. The molecule has 2 heterocycles. The third-order valence-electron chi connectivity index (χ3n) is 4.22. The molecule has 1 aliphatic rings. The molecule has 0 unspecified atom stereocenters. The van der Waals surface area contributed by atoms with Crippen molar-refractivity contribution in [2.24, 2.45) is 0 Å². The molecule has 3 rings (SSSR count). The topological polar surface area (TPSA) is 66.9 Å². The van der Waals surface area contributed by atoms with Crippen LogP contribution in [-0.4, -0.2) is 51.5 Å². The van der Waals surface area contributed by atoms with Gasteiger partial charge in [-0.3, -0.25) is 5.32 Å². The summed E-state index contributed by atoms with van der Waals surface area (Å²) in [5.74, 6) is 1.78. The lowest BCUT2D eigenvalue weighted by Crippen LogP contribution is -2.46. The van der Waals surface area contributed by atoms with E-state index >= 15 is 0 Å². The zero-order chi connectivity index (χ0) is 17.6. The van der Waals surface area contributed by atoms with Crippen LogP contribution in [0.2, 0.25) is 0 Å². The molecular formula is C18H22N4O3. The van der Waals surface area contributed by atoms with E-state index in [1.165, 1.54) is 12.8 Å². The molecule has 132 valence electrons. The molecule has 0 atom stereocenters. The first-order valence-electron chi connectivity index (χ1n) is 8.14. The molecule has 0 spiro atoms. The SMILES string of the molecule is COC(=O)Nc1ccc(N2CCN(c3ccc(OC)cc3)CC2)nc1. The van der Waals surface area contributed by atoms with Crippen molar-refractivity contribution in [3.63, 3.8) is 0 Å². The Balaban J connectivity index is 1.57. The highest BCUT2D eigenvalue weighted by molar-refractivity contribution is 5.84. The Bertz CT molecular complexity index is 695. The highest BCUT2D eigenvalue weighted by atomic mass is 16.5. The number of carbonyl (C=O) groups is 1. The number of hydrogen-bond donors (Lipinski definition) is 1. The zero-order valence-electron chi connectivity index (χ0n) is 14.4. The van der Waals surface area contributed by atoms with E-state index in [1.54, 1.807) is 13.3 Å². The maximum absolute atomic E-state index is 11.2. The number of ether oxygens (including phenoxy) is 2. The molecular weight excluding hydrogens is 320 g/mol. The second kappa shape index (κ2) is 7.74. The van der Waals surface area contributed by atoms with Crippen LogP contribution in [0.3, 0.4) is 0 Å². The van der Waals surface area contributed by atoms with Crippen LogP contribution < -0.4 is 19.9 Å². The van der Waals surface area contributed by atoms with Crippen LogP contribution >= 0.6 is 0 Å². The first-order chi connectivity index (χ1) is 12.2. The average Bonchev–Trinajstić information content (AvgIpc) is 2.69. The quantitative estimate of drug-likeness (QED) is 0.921. The lowest BCUT2D eigenvalue weighted by atomic mass is 10.2. The smallest absolute Gasteiger partial charge is 0.411 e. The fourth-order valence-electron chi connectivity index (χ4n) is 2.80. The van der Waals surface area contributed by atoms with Crippen molar-refractivity contribution < 1.29 is 14.3 Å². The summed E-state index contributed by atoms with van der Waals surface area (Å²) in [4.78, 5) is 20.2. The van der Waals surface area contributed by atoms with Gasteiger partial charge >= 0.3 is 6.09 Å².